The Labute approximate surface area is 488 Å². The van der Waals surface area contributed by atoms with Gasteiger partial charge in [-0.3, -0.25) is 13.8 Å². The minimum absolute atomic E-state index is 0.0655. The lowest BCUT2D eigenvalue weighted by molar-refractivity contribution is -0.870. The predicted molar refractivity (Wildman–Crippen MR) is 342 cm³/mol. The predicted octanol–water partition coefficient (Wildman–Crippen LogP) is 22.1. The van der Waals surface area contributed by atoms with Crippen molar-refractivity contribution < 1.29 is 32.9 Å². The lowest BCUT2D eigenvalue weighted by Gasteiger charge is -2.25. The van der Waals surface area contributed by atoms with Crippen molar-refractivity contribution in [1.29, 1.82) is 0 Å². The number of likely N-dealkylation sites (N-methyl/N-ethyl adjacent to an activating group) is 1. The molecule has 8 nitrogen and oxygen atoms in total. The number of aliphatic hydroxyl groups excluding tert-OH is 1. The number of quaternary nitrogens is 1. The fraction of sp³-hybridized carbons (Fsp3) is 0.957. The Balaban J connectivity index is 3.99. The number of rotatable bonds is 66. The van der Waals surface area contributed by atoms with Gasteiger partial charge in [0.25, 0.3) is 0 Å². The van der Waals surface area contributed by atoms with Crippen molar-refractivity contribution in [1.82, 2.24) is 5.32 Å². The summed E-state index contributed by atoms with van der Waals surface area (Å²) >= 11 is 0. The quantitative estimate of drug-likeness (QED) is 0.0243. The molecular formula is C69H140N2O6P+. The van der Waals surface area contributed by atoms with Gasteiger partial charge in [-0.15, -0.1) is 0 Å². The van der Waals surface area contributed by atoms with Crippen molar-refractivity contribution in [2.75, 3.05) is 40.9 Å². The summed E-state index contributed by atoms with van der Waals surface area (Å²) in [6.45, 7) is 4.89. The van der Waals surface area contributed by atoms with Crippen LogP contribution in [0.25, 0.3) is 0 Å². The molecule has 3 unspecified atom stereocenters. The van der Waals surface area contributed by atoms with E-state index in [0.717, 1.165) is 32.1 Å². The molecule has 0 bridgehead atoms. The van der Waals surface area contributed by atoms with E-state index in [1.165, 1.54) is 321 Å². The molecule has 0 radical (unpaired) electrons. The second kappa shape index (κ2) is 60.8. The van der Waals surface area contributed by atoms with Gasteiger partial charge >= 0.3 is 7.82 Å². The third kappa shape index (κ3) is 62.8. The van der Waals surface area contributed by atoms with E-state index >= 15 is 0 Å². The average molecular weight is 1120 g/mol. The van der Waals surface area contributed by atoms with Crippen LogP contribution in [0.2, 0.25) is 0 Å². The summed E-state index contributed by atoms with van der Waals surface area (Å²) in [7, 11) is 1.60. The van der Waals surface area contributed by atoms with Gasteiger partial charge in [0.05, 0.1) is 39.9 Å². The highest BCUT2D eigenvalue weighted by Gasteiger charge is 2.28. The van der Waals surface area contributed by atoms with Gasteiger partial charge in [0.2, 0.25) is 5.91 Å². The van der Waals surface area contributed by atoms with Crippen LogP contribution in [0.4, 0.5) is 0 Å². The first-order chi connectivity index (χ1) is 38.0. The van der Waals surface area contributed by atoms with Crippen molar-refractivity contribution in [2.24, 2.45) is 0 Å². The molecule has 466 valence electrons. The molecule has 0 spiro atoms. The molecule has 0 heterocycles. The van der Waals surface area contributed by atoms with Gasteiger partial charge in [-0.05, 0) is 19.3 Å². The zero-order chi connectivity index (χ0) is 57.0. The summed E-state index contributed by atoms with van der Waals surface area (Å²) in [5, 5.41) is 14.0. The van der Waals surface area contributed by atoms with Crippen LogP contribution in [0.3, 0.4) is 0 Å². The largest absolute Gasteiger partial charge is 0.472 e. The summed E-state index contributed by atoms with van der Waals surface area (Å²) < 4.78 is 23.8. The van der Waals surface area contributed by atoms with Gasteiger partial charge < -0.3 is 19.8 Å². The van der Waals surface area contributed by atoms with Gasteiger partial charge in [0.1, 0.15) is 13.2 Å². The maximum Gasteiger partial charge on any atom is 0.472 e. The Morgan fingerprint density at radius 3 is 0.949 bits per heavy atom. The number of hydrogen-bond donors (Lipinski definition) is 3. The van der Waals surface area contributed by atoms with Crippen LogP contribution >= 0.6 is 7.82 Å². The van der Waals surface area contributed by atoms with Crippen LogP contribution in [0.5, 0.6) is 0 Å². The highest BCUT2D eigenvalue weighted by molar-refractivity contribution is 7.47. The summed E-state index contributed by atoms with van der Waals surface area (Å²) in [5.74, 6) is -0.167. The Morgan fingerprint density at radius 1 is 0.423 bits per heavy atom. The molecule has 3 atom stereocenters. The van der Waals surface area contributed by atoms with Gasteiger partial charge in [0.15, 0.2) is 0 Å². The van der Waals surface area contributed by atoms with E-state index < -0.39 is 20.0 Å². The Morgan fingerprint density at radius 2 is 0.679 bits per heavy atom. The number of phosphoric ester groups is 1. The van der Waals surface area contributed by atoms with Crippen LogP contribution in [0, 0.1) is 0 Å². The van der Waals surface area contributed by atoms with Gasteiger partial charge in [0, 0.05) is 6.42 Å². The summed E-state index contributed by atoms with van der Waals surface area (Å²) in [6.07, 6.45) is 77.9. The maximum atomic E-state index is 13.0. The molecule has 9 heteroatoms. The molecule has 78 heavy (non-hydrogen) atoms. The van der Waals surface area contributed by atoms with E-state index in [-0.39, 0.29) is 19.1 Å². The molecule has 0 aromatic carbocycles. The fourth-order valence-electron chi connectivity index (χ4n) is 11.0. The van der Waals surface area contributed by atoms with Crippen molar-refractivity contribution in [2.45, 2.75) is 386 Å². The molecule has 0 aromatic rings. The van der Waals surface area contributed by atoms with Gasteiger partial charge in [-0.2, -0.15) is 0 Å². The Kier molecular flexibility index (Phi) is 60.2. The van der Waals surface area contributed by atoms with Crippen LogP contribution < -0.4 is 5.32 Å². The number of carbonyl (C=O) groups is 1. The molecule has 0 saturated carbocycles. The lowest BCUT2D eigenvalue weighted by Crippen LogP contribution is -2.45. The van der Waals surface area contributed by atoms with Crippen LogP contribution in [-0.2, 0) is 18.4 Å². The standard InChI is InChI=1S/C69H139N2O6P/c1-6-8-10-12-14-16-18-20-22-24-26-28-30-31-32-33-34-35-36-37-38-39-41-43-45-47-49-51-53-55-57-59-61-63-69(73)70-67(66-77-78(74,75)76-65-64-71(3,4)5)68(72)62-60-58-56-54-52-50-48-46-44-42-40-29-27-25-23-21-19-17-15-13-11-9-7-2/h60,62,67-68,72H,6-59,61,63-66H2,1-5H3,(H-,70,73,74,75)/p+1/b62-60+. The summed E-state index contributed by atoms with van der Waals surface area (Å²) in [4.78, 5) is 23.4. The number of unbranched alkanes of at least 4 members (excludes halogenated alkanes) is 53. The lowest BCUT2D eigenvalue weighted by atomic mass is 10.0. The average Bonchev–Trinajstić information content (AvgIpc) is 3.41. The van der Waals surface area contributed by atoms with E-state index in [0.29, 0.717) is 17.4 Å². The van der Waals surface area contributed by atoms with Gasteiger partial charge in [-0.25, -0.2) is 4.57 Å². The van der Waals surface area contributed by atoms with Crippen LogP contribution in [0.15, 0.2) is 12.2 Å². The van der Waals surface area contributed by atoms with E-state index in [9.17, 15) is 19.4 Å². The molecular weight excluding hydrogens is 984 g/mol. The summed E-state index contributed by atoms with van der Waals surface area (Å²) in [5.41, 5.74) is 0. The minimum Gasteiger partial charge on any atom is -0.387 e. The number of carbonyl (C=O) groups excluding carboxylic acids is 1. The SMILES string of the molecule is CCCCCCCCCCCCCCCCCCCCCCC/C=C/C(O)C(COP(=O)(O)OCC[N+](C)(C)C)NC(=O)CCCCCCCCCCCCCCCCCCCCCCCCCCCCCCCCCCC. The number of amides is 1. The summed E-state index contributed by atoms with van der Waals surface area (Å²) in [6, 6.07) is -0.843. The number of phosphoric acid groups is 1. The van der Waals surface area contributed by atoms with E-state index in [1.807, 2.05) is 27.2 Å². The number of nitrogens with zero attached hydrogens (tertiary/aromatic N) is 1. The normalized spacial score (nSPS) is 13.7. The molecule has 0 aliphatic carbocycles. The van der Waals surface area contributed by atoms with Crippen molar-refractivity contribution >= 4 is 13.7 Å². The Hall–Kier alpha value is -0.760. The maximum absolute atomic E-state index is 13.0. The number of aliphatic hydroxyl groups is 1. The molecule has 0 aliphatic heterocycles. The van der Waals surface area contributed by atoms with E-state index in [1.54, 1.807) is 6.08 Å². The zero-order valence-corrected chi connectivity index (χ0v) is 54.3. The second-order valence-corrected chi connectivity index (χ2v) is 27.1. The van der Waals surface area contributed by atoms with Crippen molar-refractivity contribution in [3.63, 3.8) is 0 Å². The monoisotopic (exact) mass is 1120 g/mol. The highest BCUT2D eigenvalue weighted by atomic mass is 31.2. The molecule has 0 aromatic heterocycles. The van der Waals surface area contributed by atoms with E-state index in [2.05, 4.69) is 19.2 Å². The second-order valence-electron chi connectivity index (χ2n) is 25.6. The first-order valence-corrected chi connectivity index (χ1v) is 36.6. The number of hydrogen-bond acceptors (Lipinski definition) is 5. The molecule has 3 N–H and O–H groups in total. The van der Waals surface area contributed by atoms with E-state index in [4.69, 9.17) is 9.05 Å². The third-order valence-corrected chi connectivity index (χ3v) is 17.5. The molecule has 0 aliphatic rings. The number of allylic oxidation sites excluding steroid dienone is 1. The Bertz CT molecular complexity index is 1280. The molecule has 0 saturated heterocycles. The zero-order valence-electron chi connectivity index (χ0n) is 53.5. The first kappa shape index (κ1) is 77.2. The number of nitrogens with one attached hydrogen (secondary N) is 1. The molecule has 0 fully saturated rings. The molecule has 1 amide bonds. The van der Waals surface area contributed by atoms with Crippen molar-refractivity contribution in [3.8, 4) is 0 Å². The van der Waals surface area contributed by atoms with Crippen LogP contribution in [0.1, 0.15) is 373 Å². The van der Waals surface area contributed by atoms with Gasteiger partial charge in [-0.1, -0.05) is 360 Å². The highest BCUT2D eigenvalue weighted by Crippen LogP contribution is 2.43. The minimum atomic E-state index is -4.35. The van der Waals surface area contributed by atoms with Crippen molar-refractivity contribution in [3.05, 3.63) is 12.2 Å². The van der Waals surface area contributed by atoms with Crippen LogP contribution in [-0.4, -0.2) is 73.4 Å². The smallest absolute Gasteiger partial charge is 0.387 e. The first-order valence-electron chi connectivity index (χ1n) is 35.1. The molecule has 0 rings (SSSR count). The third-order valence-electron chi connectivity index (χ3n) is 16.5. The topological polar surface area (TPSA) is 105 Å². The fourth-order valence-corrected chi connectivity index (χ4v) is 11.8.